The van der Waals surface area contributed by atoms with Crippen molar-refractivity contribution in [2.45, 2.75) is 58.0 Å². The number of Topliss-reactive ketones (excluding diaryl/α,β-unsaturated/α-hetero) is 2. The Morgan fingerprint density at radius 3 is 2.55 bits per heavy atom. The molecule has 0 amide bonds. The maximum absolute atomic E-state index is 13.1. The van der Waals surface area contributed by atoms with Gasteiger partial charge in [-0.2, -0.15) is 0 Å². The third-order valence-corrected chi connectivity index (χ3v) is 6.51. The maximum atomic E-state index is 13.1. The molecule has 1 aromatic carbocycles. The Morgan fingerprint density at radius 1 is 1.24 bits per heavy atom. The fraction of sp³-hybridized carbons (Fsp3) is 0.455. The van der Waals surface area contributed by atoms with E-state index in [1.54, 1.807) is 6.92 Å². The van der Waals surface area contributed by atoms with E-state index < -0.39 is 29.7 Å². The molecule has 0 aromatic heterocycles. The largest absolute Gasteiger partial charge is 0.507 e. The van der Waals surface area contributed by atoms with E-state index >= 15 is 0 Å². The molecule has 0 radical (unpaired) electrons. The number of allylic oxidation sites excluding steroid dienone is 2. The van der Waals surface area contributed by atoms with Gasteiger partial charge in [0.25, 0.3) is 0 Å². The lowest BCUT2D eigenvalue weighted by molar-refractivity contribution is -0.148. The van der Waals surface area contributed by atoms with Crippen molar-refractivity contribution < 1.29 is 34.0 Å². The number of ketones is 2. The summed E-state index contributed by atoms with van der Waals surface area (Å²) in [4.78, 5) is 25.9. The number of phenols is 1. The molecular weight excluding hydrogens is 376 g/mol. The van der Waals surface area contributed by atoms with Gasteiger partial charge in [-0.1, -0.05) is 6.08 Å². The minimum absolute atomic E-state index is 0.0324. The molecule has 0 bridgehead atoms. The van der Waals surface area contributed by atoms with Gasteiger partial charge in [-0.3, -0.25) is 9.59 Å². The van der Waals surface area contributed by atoms with Crippen LogP contribution in [0, 0.1) is 0 Å². The molecule has 0 spiro atoms. The first-order valence-electron chi connectivity index (χ1n) is 9.54. The smallest absolute Gasteiger partial charge is 0.228 e. The zero-order valence-corrected chi connectivity index (χ0v) is 17.0. The van der Waals surface area contributed by atoms with E-state index in [0.29, 0.717) is 12.0 Å². The second kappa shape index (κ2) is 6.43. The fourth-order valence-corrected chi connectivity index (χ4v) is 4.54. The average molecular weight is 400 g/mol. The predicted octanol–water partition coefficient (Wildman–Crippen LogP) is 2.78. The summed E-state index contributed by atoms with van der Waals surface area (Å²) in [5, 5.41) is 21.1. The van der Waals surface area contributed by atoms with E-state index in [9.17, 15) is 19.8 Å². The SMILES string of the molecule is COC1=C(C)C(=O)c2c(cc(O)c3c2OC(C)C3(C)C2CC=C(C)C(O)O2)C1=O. The summed E-state index contributed by atoms with van der Waals surface area (Å²) >= 11 is 0. The van der Waals surface area contributed by atoms with Crippen LogP contribution in [0.15, 0.2) is 29.0 Å². The van der Waals surface area contributed by atoms with Crippen molar-refractivity contribution in [2.24, 2.45) is 0 Å². The minimum atomic E-state index is -1.04. The quantitative estimate of drug-likeness (QED) is 0.736. The van der Waals surface area contributed by atoms with Gasteiger partial charge in [-0.15, -0.1) is 0 Å². The van der Waals surface area contributed by atoms with Crippen molar-refractivity contribution in [1.29, 1.82) is 0 Å². The predicted molar refractivity (Wildman–Crippen MR) is 103 cm³/mol. The number of ether oxygens (including phenoxy) is 3. The van der Waals surface area contributed by atoms with Crippen molar-refractivity contribution in [3.63, 3.8) is 0 Å². The van der Waals surface area contributed by atoms with E-state index in [1.807, 2.05) is 19.9 Å². The van der Waals surface area contributed by atoms with Crippen LogP contribution < -0.4 is 4.74 Å². The number of hydrogen-bond donors (Lipinski definition) is 2. The van der Waals surface area contributed by atoms with Gasteiger partial charge in [0.05, 0.1) is 24.2 Å². The first-order valence-corrected chi connectivity index (χ1v) is 9.54. The van der Waals surface area contributed by atoms with Crippen LogP contribution in [0.25, 0.3) is 0 Å². The summed E-state index contributed by atoms with van der Waals surface area (Å²) in [6.45, 7) is 7.02. The van der Waals surface area contributed by atoms with Crippen molar-refractivity contribution in [2.75, 3.05) is 7.11 Å². The van der Waals surface area contributed by atoms with Gasteiger partial charge < -0.3 is 24.4 Å². The third kappa shape index (κ3) is 2.50. The summed E-state index contributed by atoms with van der Waals surface area (Å²) in [6, 6.07) is 1.31. The molecule has 4 unspecified atom stereocenters. The number of methoxy groups -OCH3 is 1. The number of aromatic hydroxyl groups is 1. The second-order valence-electron chi connectivity index (χ2n) is 8.04. The molecule has 154 valence electrons. The molecule has 1 aromatic rings. The van der Waals surface area contributed by atoms with Gasteiger partial charge in [0, 0.05) is 16.7 Å². The lowest BCUT2D eigenvalue weighted by Gasteiger charge is -2.39. The number of hydrogen-bond acceptors (Lipinski definition) is 7. The Morgan fingerprint density at radius 2 is 1.93 bits per heavy atom. The molecule has 4 atom stereocenters. The molecule has 0 saturated carbocycles. The van der Waals surface area contributed by atoms with Crippen molar-refractivity contribution in [3.8, 4) is 11.5 Å². The second-order valence-corrected chi connectivity index (χ2v) is 8.04. The molecule has 4 rings (SSSR count). The first kappa shape index (κ1) is 19.7. The lowest BCUT2D eigenvalue weighted by Crippen LogP contribution is -2.48. The van der Waals surface area contributed by atoms with E-state index in [0.717, 1.165) is 5.57 Å². The van der Waals surface area contributed by atoms with Crippen LogP contribution in [0.3, 0.4) is 0 Å². The van der Waals surface area contributed by atoms with Crippen LogP contribution in [0.2, 0.25) is 0 Å². The topological polar surface area (TPSA) is 102 Å². The molecule has 0 fully saturated rings. The van der Waals surface area contributed by atoms with Gasteiger partial charge in [0.2, 0.25) is 5.78 Å². The highest BCUT2D eigenvalue weighted by Gasteiger charge is 2.54. The van der Waals surface area contributed by atoms with Crippen LogP contribution >= 0.6 is 0 Å². The molecule has 1 aliphatic carbocycles. The van der Waals surface area contributed by atoms with E-state index in [1.165, 1.54) is 20.1 Å². The number of aliphatic hydroxyl groups is 1. The molecule has 0 saturated heterocycles. The summed E-state index contributed by atoms with van der Waals surface area (Å²) in [7, 11) is 1.33. The minimum Gasteiger partial charge on any atom is -0.507 e. The van der Waals surface area contributed by atoms with Gasteiger partial charge in [-0.25, -0.2) is 0 Å². The molecular formula is C22H24O7. The maximum Gasteiger partial charge on any atom is 0.228 e. The zero-order chi connectivity index (χ0) is 21.2. The van der Waals surface area contributed by atoms with Gasteiger partial charge in [-0.05, 0) is 45.8 Å². The number of aliphatic hydroxyl groups excluding tert-OH is 1. The number of phenolic OH excluding ortho intramolecular Hbond substituents is 1. The highest BCUT2D eigenvalue weighted by molar-refractivity contribution is 6.27. The van der Waals surface area contributed by atoms with Gasteiger partial charge in [0.1, 0.15) is 17.6 Å². The van der Waals surface area contributed by atoms with Crippen molar-refractivity contribution >= 4 is 11.6 Å². The van der Waals surface area contributed by atoms with Crippen LogP contribution in [0.1, 0.15) is 60.4 Å². The standard InChI is InChI=1S/C22H24O7/c1-9-6-7-14(29-21(9)26)22(4)11(3)28-20-15-12(8-13(23)16(20)22)18(25)19(27-5)10(2)17(15)24/h6,8,11,14,21,23,26H,7H2,1-5H3. The molecule has 2 N–H and O–H groups in total. The molecule has 29 heavy (non-hydrogen) atoms. The molecule has 2 aliphatic heterocycles. The van der Waals surface area contributed by atoms with Gasteiger partial charge in [0.15, 0.2) is 17.8 Å². The summed E-state index contributed by atoms with van der Waals surface area (Å²) < 4.78 is 17.0. The monoisotopic (exact) mass is 400 g/mol. The summed E-state index contributed by atoms with van der Waals surface area (Å²) in [6.07, 6.45) is 0.426. The molecule has 7 nitrogen and oxygen atoms in total. The molecule has 7 heteroatoms. The van der Waals surface area contributed by atoms with Crippen LogP contribution in [0.4, 0.5) is 0 Å². The van der Waals surface area contributed by atoms with E-state index in [-0.39, 0.29) is 39.7 Å². The first-order chi connectivity index (χ1) is 13.6. The number of carbonyl (C=O) groups is 2. The number of rotatable bonds is 2. The Bertz CT molecular complexity index is 1000. The highest BCUT2D eigenvalue weighted by Crippen LogP contribution is 2.55. The van der Waals surface area contributed by atoms with E-state index in [2.05, 4.69) is 0 Å². The van der Waals surface area contributed by atoms with Crippen LogP contribution in [-0.2, 0) is 14.9 Å². The molecule has 3 aliphatic rings. The zero-order valence-electron chi connectivity index (χ0n) is 17.0. The van der Waals surface area contributed by atoms with Crippen molar-refractivity contribution in [3.05, 3.63) is 45.7 Å². The number of fused-ring (bicyclic) bond motifs is 3. The third-order valence-electron chi connectivity index (χ3n) is 6.51. The molecule has 2 heterocycles. The Labute approximate surface area is 168 Å². The van der Waals surface area contributed by atoms with Crippen molar-refractivity contribution in [1.82, 2.24) is 0 Å². The Hall–Kier alpha value is -2.64. The Kier molecular flexibility index (Phi) is 4.36. The number of carbonyl (C=O) groups excluding carboxylic acids is 2. The van der Waals surface area contributed by atoms with Crippen LogP contribution in [-0.4, -0.2) is 47.4 Å². The average Bonchev–Trinajstić information content (AvgIpc) is 2.95. The van der Waals surface area contributed by atoms with Gasteiger partial charge >= 0.3 is 0 Å². The van der Waals surface area contributed by atoms with Crippen LogP contribution in [0.5, 0.6) is 11.5 Å². The van der Waals surface area contributed by atoms with E-state index in [4.69, 9.17) is 14.2 Å². The Balaban J connectivity index is 1.91. The number of benzene rings is 1. The summed E-state index contributed by atoms with van der Waals surface area (Å²) in [5.41, 5.74) is 0.703. The lowest BCUT2D eigenvalue weighted by atomic mass is 9.71. The summed E-state index contributed by atoms with van der Waals surface area (Å²) in [5.74, 6) is -0.816. The fourth-order valence-electron chi connectivity index (χ4n) is 4.54. The highest BCUT2D eigenvalue weighted by atomic mass is 16.6. The normalized spacial score (nSPS) is 31.2.